The first-order chi connectivity index (χ1) is 12.0. The van der Waals surface area contributed by atoms with Gasteiger partial charge in [0.05, 0.1) is 10.8 Å². The van der Waals surface area contributed by atoms with Crippen LogP contribution in [0.3, 0.4) is 0 Å². The molecule has 0 aromatic heterocycles. The van der Waals surface area contributed by atoms with Gasteiger partial charge in [0.15, 0.2) is 9.84 Å². The third-order valence-corrected chi connectivity index (χ3v) is 5.77. The topological polar surface area (TPSA) is 51.2 Å². The van der Waals surface area contributed by atoms with Gasteiger partial charge < -0.3 is 0 Å². The van der Waals surface area contributed by atoms with Crippen molar-refractivity contribution in [1.82, 2.24) is 0 Å². The van der Waals surface area contributed by atoms with Gasteiger partial charge in [0, 0.05) is 6.42 Å². The average molecular weight is 384 g/mol. The minimum Gasteiger partial charge on any atom is -0.299 e. The number of hydrogen-bond donors (Lipinski definition) is 0. The Morgan fingerprint density at radius 1 is 1.04 bits per heavy atom. The maximum Gasteiger partial charge on any atom is 0.396 e. The highest BCUT2D eigenvalue weighted by Gasteiger charge is 2.42. The van der Waals surface area contributed by atoms with Gasteiger partial charge in [0.2, 0.25) is 0 Å². The van der Waals surface area contributed by atoms with Crippen LogP contribution < -0.4 is 0 Å². The van der Waals surface area contributed by atoms with Crippen molar-refractivity contribution in [3.63, 3.8) is 0 Å². The molecule has 2 rings (SSSR count). The van der Waals surface area contributed by atoms with Crippen molar-refractivity contribution in [3.05, 3.63) is 65.2 Å². The Morgan fingerprint density at radius 2 is 1.65 bits per heavy atom. The summed E-state index contributed by atoms with van der Waals surface area (Å²) in [6.45, 7) is 3.31. The lowest BCUT2D eigenvalue weighted by Crippen LogP contribution is -2.27. The Balaban J connectivity index is 2.25. The van der Waals surface area contributed by atoms with Crippen LogP contribution in [0.15, 0.2) is 53.4 Å². The van der Waals surface area contributed by atoms with E-state index in [0.717, 1.165) is 5.56 Å². The fourth-order valence-electron chi connectivity index (χ4n) is 2.83. The molecule has 0 amide bonds. The second kappa shape index (κ2) is 7.61. The average Bonchev–Trinajstić information content (AvgIpc) is 2.53. The van der Waals surface area contributed by atoms with Gasteiger partial charge in [-0.05, 0) is 37.1 Å². The second-order valence-corrected chi connectivity index (χ2v) is 8.26. The highest BCUT2D eigenvalue weighted by atomic mass is 32.2. The molecule has 0 spiro atoms. The third-order valence-electron chi connectivity index (χ3n) is 4.08. The van der Waals surface area contributed by atoms with E-state index in [9.17, 15) is 26.4 Å². The monoisotopic (exact) mass is 384 g/mol. The molecule has 0 heterocycles. The van der Waals surface area contributed by atoms with Gasteiger partial charge in [0.25, 0.3) is 0 Å². The van der Waals surface area contributed by atoms with Crippen molar-refractivity contribution >= 4 is 15.6 Å². The van der Waals surface area contributed by atoms with Crippen molar-refractivity contribution in [3.8, 4) is 0 Å². The summed E-state index contributed by atoms with van der Waals surface area (Å²) >= 11 is 0. The normalized spacial score (nSPS) is 13.4. The zero-order chi connectivity index (χ0) is 19.5. The molecule has 0 saturated carbocycles. The smallest absolute Gasteiger partial charge is 0.299 e. The molecular formula is C19H19F3O3S. The molecule has 0 saturated heterocycles. The number of Topliss-reactive ketones (excluding diaryl/α,β-unsaturated/α-hetero) is 1. The van der Waals surface area contributed by atoms with Crippen LogP contribution in [0.4, 0.5) is 13.2 Å². The quantitative estimate of drug-likeness (QED) is 0.743. The van der Waals surface area contributed by atoms with Crippen LogP contribution in [0.25, 0.3) is 0 Å². The number of aryl methyl sites for hydroxylation is 2. The zero-order valence-corrected chi connectivity index (χ0v) is 15.2. The van der Waals surface area contributed by atoms with E-state index >= 15 is 0 Å². The van der Waals surface area contributed by atoms with Crippen molar-refractivity contribution < 1.29 is 26.4 Å². The van der Waals surface area contributed by atoms with Gasteiger partial charge >= 0.3 is 6.18 Å². The standard InChI is InChI=1S/C19H19F3O3S/c1-13-8-9-17(14(2)10-13)18(19(20,21)22)11-15(23)12-26(24,25)16-6-4-3-5-7-16/h3-10,18H,11-12H2,1-2H3/t18-/m0/s1. The number of ketones is 1. The van der Waals surface area contributed by atoms with E-state index in [1.54, 1.807) is 32.0 Å². The molecule has 0 unspecified atom stereocenters. The maximum absolute atomic E-state index is 13.5. The minimum atomic E-state index is -4.65. The zero-order valence-electron chi connectivity index (χ0n) is 14.4. The van der Waals surface area contributed by atoms with Crippen LogP contribution in [-0.2, 0) is 14.6 Å². The van der Waals surface area contributed by atoms with E-state index in [1.807, 2.05) is 0 Å². The molecule has 2 aromatic rings. The number of benzene rings is 2. The summed E-state index contributed by atoms with van der Waals surface area (Å²) in [5, 5.41) is 0. The number of carbonyl (C=O) groups is 1. The van der Waals surface area contributed by atoms with Gasteiger partial charge in [0.1, 0.15) is 11.5 Å². The fourth-order valence-corrected chi connectivity index (χ4v) is 4.11. The van der Waals surface area contributed by atoms with E-state index in [0.29, 0.717) is 5.56 Å². The first-order valence-corrected chi connectivity index (χ1v) is 9.59. The Labute approximate surface area is 150 Å². The van der Waals surface area contributed by atoms with Crippen LogP contribution in [0.2, 0.25) is 0 Å². The van der Waals surface area contributed by atoms with Gasteiger partial charge in [-0.1, -0.05) is 42.0 Å². The van der Waals surface area contributed by atoms with Crippen LogP contribution in [0.1, 0.15) is 29.0 Å². The SMILES string of the molecule is Cc1ccc([C@H](CC(=O)CS(=O)(=O)c2ccccc2)C(F)(F)F)c(C)c1. The number of hydrogen-bond acceptors (Lipinski definition) is 3. The molecule has 0 N–H and O–H groups in total. The fraction of sp³-hybridized carbons (Fsp3) is 0.316. The molecule has 0 aliphatic rings. The molecule has 0 aliphatic heterocycles. The molecule has 3 nitrogen and oxygen atoms in total. The lowest BCUT2D eigenvalue weighted by atomic mass is 9.89. The third kappa shape index (κ3) is 4.94. The molecule has 0 radical (unpaired) electrons. The summed E-state index contributed by atoms with van der Waals surface area (Å²) in [6.07, 6.45) is -5.55. The highest BCUT2D eigenvalue weighted by Crippen LogP contribution is 2.39. The Kier molecular flexibility index (Phi) is 5.91. The number of halogens is 3. The minimum absolute atomic E-state index is 0.00596. The maximum atomic E-state index is 13.5. The van der Waals surface area contributed by atoms with Crippen molar-refractivity contribution in [2.75, 3.05) is 5.75 Å². The van der Waals surface area contributed by atoms with E-state index in [-0.39, 0.29) is 10.5 Å². The first kappa shape index (κ1) is 20.2. The van der Waals surface area contributed by atoms with E-state index < -0.39 is 39.9 Å². The molecule has 7 heteroatoms. The lowest BCUT2D eigenvalue weighted by Gasteiger charge is -2.22. The van der Waals surface area contributed by atoms with E-state index in [1.165, 1.54) is 30.3 Å². The number of sulfone groups is 1. The molecule has 140 valence electrons. The predicted octanol–water partition coefficient (Wildman–Crippen LogP) is 4.38. The van der Waals surface area contributed by atoms with Crippen molar-refractivity contribution in [2.24, 2.45) is 0 Å². The van der Waals surface area contributed by atoms with Crippen LogP contribution >= 0.6 is 0 Å². The van der Waals surface area contributed by atoms with Gasteiger partial charge in [-0.25, -0.2) is 8.42 Å². The predicted molar refractivity (Wildman–Crippen MR) is 92.8 cm³/mol. The molecule has 2 aromatic carbocycles. The molecular weight excluding hydrogens is 365 g/mol. The molecule has 0 bridgehead atoms. The molecule has 0 aliphatic carbocycles. The molecule has 26 heavy (non-hydrogen) atoms. The van der Waals surface area contributed by atoms with Crippen molar-refractivity contribution in [2.45, 2.75) is 37.3 Å². The first-order valence-electron chi connectivity index (χ1n) is 7.94. The summed E-state index contributed by atoms with van der Waals surface area (Å²) < 4.78 is 64.9. The van der Waals surface area contributed by atoms with Crippen LogP contribution in [0, 0.1) is 13.8 Å². The van der Waals surface area contributed by atoms with Crippen LogP contribution in [0.5, 0.6) is 0 Å². The number of rotatable bonds is 6. The Bertz CT molecular complexity index is 888. The summed E-state index contributed by atoms with van der Waals surface area (Å²) in [4.78, 5) is 12.1. The highest BCUT2D eigenvalue weighted by molar-refractivity contribution is 7.92. The Hall–Kier alpha value is -2.15. The van der Waals surface area contributed by atoms with Gasteiger partial charge in [-0.15, -0.1) is 0 Å². The van der Waals surface area contributed by atoms with Gasteiger partial charge in [-0.3, -0.25) is 4.79 Å². The van der Waals surface area contributed by atoms with Gasteiger partial charge in [-0.2, -0.15) is 13.2 Å². The van der Waals surface area contributed by atoms with E-state index in [4.69, 9.17) is 0 Å². The summed E-state index contributed by atoms with van der Waals surface area (Å²) in [7, 11) is -3.97. The number of carbonyl (C=O) groups excluding carboxylic acids is 1. The Morgan fingerprint density at radius 3 is 2.19 bits per heavy atom. The molecule has 1 atom stereocenters. The van der Waals surface area contributed by atoms with Crippen LogP contribution in [-0.4, -0.2) is 26.1 Å². The summed E-state index contributed by atoms with van der Waals surface area (Å²) in [5.41, 5.74) is 1.23. The largest absolute Gasteiger partial charge is 0.396 e. The summed E-state index contributed by atoms with van der Waals surface area (Å²) in [5.74, 6) is -3.94. The summed E-state index contributed by atoms with van der Waals surface area (Å²) in [6, 6.07) is 11.7. The van der Waals surface area contributed by atoms with E-state index in [2.05, 4.69) is 0 Å². The second-order valence-electron chi connectivity index (χ2n) is 6.27. The molecule has 0 fully saturated rings. The lowest BCUT2D eigenvalue weighted by molar-refractivity contribution is -0.156. The number of alkyl halides is 3. The van der Waals surface area contributed by atoms with Crippen molar-refractivity contribution in [1.29, 1.82) is 0 Å².